The number of nitrogens with zero attached hydrogens (tertiary/aromatic N) is 2. The number of thioether (sulfide) groups is 1. The molecule has 1 aromatic carbocycles. The molecule has 1 aliphatic carbocycles. The fourth-order valence-corrected chi connectivity index (χ4v) is 4.35. The van der Waals surface area contributed by atoms with Crippen LogP contribution >= 0.6 is 11.8 Å². The van der Waals surface area contributed by atoms with Crippen LogP contribution in [0.5, 0.6) is 5.75 Å². The normalized spacial score (nSPS) is 12.8. The molecule has 2 aromatic rings. The number of carbonyl (C=O) groups excluding carboxylic acids is 1. The van der Waals surface area contributed by atoms with Gasteiger partial charge in [-0.05, 0) is 74.4 Å². The maximum Gasteiger partial charge on any atom is 0.234 e. The van der Waals surface area contributed by atoms with Crippen molar-refractivity contribution in [1.82, 2.24) is 4.98 Å². The van der Waals surface area contributed by atoms with Gasteiger partial charge in [0, 0.05) is 11.4 Å². The van der Waals surface area contributed by atoms with Gasteiger partial charge in [0.2, 0.25) is 5.91 Å². The first kappa shape index (κ1) is 20.2. The van der Waals surface area contributed by atoms with Gasteiger partial charge >= 0.3 is 0 Å². The van der Waals surface area contributed by atoms with Gasteiger partial charge in [0.1, 0.15) is 16.8 Å². The number of amides is 1. The summed E-state index contributed by atoms with van der Waals surface area (Å²) >= 11 is 1.34. The molecule has 1 amide bonds. The van der Waals surface area contributed by atoms with Gasteiger partial charge in [-0.3, -0.25) is 4.79 Å². The number of nitriles is 1. The van der Waals surface area contributed by atoms with Crippen LogP contribution in [0.15, 0.2) is 29.3 Å². The van der Waals surface area contributed by atoms with Crippen molar-refractivity contribution in [3.63, 3.8) is 0 Å². The van der Waals surface area contributed by atoms with Crippen molar-refractivity contribution in [3.8, 4) is 11.8 Å². The molecule has 146 valence electrons. The number of hydrogen-bond donors (Lipinski definition) is 1. The van der Waals surface area contributed by atoms with Crippen molar-refractivity contribution in [2.24, 2.45) is 0 Å². The van der Waals surface area contributed by atoms with E-state index >= 15 is 0 Å². The SMILES string of the molecule is CCOc1ccc(NC(=O)CSc2nc(CC)c3c(c2C#N)CCCC3)cc1. The minimum absolute atomic E-state index is 0.115. The third kappa shape index (κ3) is 4.66. The first-order valence-electron chi connectivity index (χ1n) is 9.76. The largest absolute Gasteiger partial charge is 0.494 e. The molecule has 0 radical (unpaired) electrons. The monoisotopic (exact) mass is 395 g/mol. The predicted molar refractivity (Wildman–Crippen MR) is 112 cm³/mol. The summed E-state index contributed by atoms with van der Waals surface area (Å²) in [6, 6.07) is 9.64. The lowest BCUT2D eigenvalue weighted by Gasteiger charge is -2.21. The Hall–Kier alpha value is -2.52. The second kappa shape index (κ2) is 9.61. The Bertz CT molecular complexity index is 888. The molecule has 5 nitrogen and oxygen atoms in total. The van der Waals surface area contributed by atoms with Gasteiger partial charge in [-0.15, -0.1) is 0 Å². The van der Waals surface area contributed by atoms with Crippen molar-refractivity contribution >= 4 is 23.4 Å². The summed E-state index contributed by atoms with van der Waals surface area (Å²) in [6.45, 7) is 4.63. The second-order valence-corrected chi connectivity index (χ2v) is 7.63. The average molecular weight is 396 g/mol. The number of fused-ring (bicyclic) bond motifs is 1. The predicted octanol–water partition coefficient (Wildman–Crippen LogP) is 4.52. The molecule has 0 atom stereocenters. The topological polar surface area (TPSA) is 75.0 Å². The van der Waals surface area contributed by atoms with Crippen LogP contribution in [0.1, 0.15) is 49.1 Å². The highest BCUT2D eigenvalue weighted by molar-refractivity contribution is 8.00. The summed E-state index contributed by atoms with van der Waals surface area (Å²) in [5.41, 5.74) is 4.86. The lowest BCUT2D eigenvalue weighted by Crippen LogP contribution is -2.16. The van der Waals surface area contributed by atoms with Gasteiger partial charge < -0.3 is 10.1 Å². The standard InChI is InChI=1S/C22H25N3O2S/c1-3-20-18-8-6-5-7-17(18)19(13-23)22(25-20)28-14-21(26)24-15-9-11-16(12-10-15)27-4-2/h9-12H,3-8,14H2,1-2H3,(H,24,26). The Balaban J connectivity index is 1.70. The molecular formula is C22H25N3O2S. The van der Waals surface area contributed by atoms with Gasteiger partial charge in [0.05, 0.1) is 17.9 Å². The lowest BCUT2D eigenvalue weighted by atomic mass is 9.87. The zero-order valence-corrected chi connectivity index (χ0v) is 17.2. The highest BCUT2D eigenvalue weighted by Gasteiger charge is 2.22. The smallest absolute Gasteiger partial charge is 0.234 e. The molecule has 0 saturated carbocycles. The van der Waals surface area contributed by atoms with E-state index < -0.39 is 0 Å². The number of hydrogen-bond acceptors (Lipinski definition) is 5. The summed E-state index contributed by atoms with van der Waals surface area (Å²) in [5, 5.41) is 13.3. The number of aryl methyl sites for hydroxylation is 1. The highest BCUT2D eigenvalue weighted by atomic mass is 32.2. The minimum atomic E-state index is -0.115. The van der Waals surface area contributed by atoms with Gasteiger partial charge in [-0.2, -0.15) is 5.26 Å². The Morgan fingerprint density at radius 3 is 2.57 bits per heavy atom. The summed E-state index contributed by atoms with van der Waals surface area (Å²) in [7, 11) is 0. The maximum atomic E-state index is 12.4. The van der Waals surface area contributed by atoms with Crippen LogP contribution in [0, 0.1) is 11.3 Å². The molecule has 1 aliphatic rings. The fraction of sp³-hybridized carbons (Fsp3) is 0.409. The molecule has 1 heterocycles. The summed E-state index contributed by atoms with van der Waals surface area (Å²) in [6.07, 6.45) is 5.05. The molecule has 0 saturated heterocycles. The van der Waals surface area contributed by atoms with E-state index in [4.69, 9.17) is 9.72 Å². The van der Waals surface area contributed by atoms with Gasteiger partial charge in [0.25, 0.3) is 0 Å². The molecular weight excluding hydrogens is 370 g/mol. The molecule has 0 unspecified atom stereocenters. The molecule has 0 aliphatic heterocycles. The fourth-order valence-electron chi connectivity index (χ4n) is 3.52. The van der Waals surface area contributed by atoms with Gasteiger partial charge in [-0.1, -0.05) is 18.7 Å². The van der Waals surface area contributed by atoms with E-state index in [0.29, 0.717) is 17.2 Å². The van der Waals surface area contributed by atoms with Crippen LogP contribution in [-0.4, -0.2) is 23.3 Å². The molecule has 28 heavy (non-hydrogen) atoms. The third-order valence-corrected chi connectivity index (χ3v) is 5.78. The van der Waals surface area contributed by atoms with Crippen LogP contribution in [0.2, 0.25) is 0 Å². The first-order valence-corrected chi connectivity index (χ1v) is 10.7. The van der Waals surface area contributed by atoms with Crippen molar-refractivity contribution < 1.29 is 9.53 Å². The number of ether oxygens (including phenoxy) is 1. The Morgan fingerprint density at radius 2 is 1.93 bits per heavy atom. The molecule has 3 rings (SSSR count). The van der Waals surface area contributed by atoms with Crippen molar-refractivity contribution in [3.05, 3.63) is 46.6 Å². The summed E-state index contributed by atoms with van der Waals surface area (Å²) in [5.74, 6) is 0.881. The summed E-state index contributed by atoms with van der Waals surface area (Å²) in [4.78, 5) is 17.1. The van der Waals surface area contributed by atoms with Gasteiger partial charge in [-0.25, -0.2) is 4.98 Å². The van der Waals surface area contributed by atoms with Crippen LogP contribution in [0.4, 0.5) is 5.69 Å². The number of rotatable bonds is 7. The van der Waals surface area contributed by atoms with Crippen molar-refractivity contribution in [1.29, 1.82) is 5.26 Å². The Kier molecular flexibility index (Phi) is 6.94. The van der Waals surface area contributed by atoms with E-state index in [2.05, 4.69) is 18.3 Å². The summed E-state index contributed by atoms with van der Waals surface area (Å²) < 4.78 is 5.41. The molecule has 0 spiro atoms. The minimum Gasteiger partial charge on any atom is -0.494 e. The number of nitrogens with one attached hydrogen (secondary N) is 1. The van der Waals surface area contributed by atoms with E-state index in [1.54, 1.807) is 0 Å². The number of benzene rings is 1. The molecule has 0 bridgehead atoms. The Morgan fingerprint density at radius 1 is 1.21 bits per heavy atom. The van der Waals surface area contributed by atoms with E-state index in [0.717, 1.165) is 54.8 Å². The van der Waals surface area contributed by atoms with Crippen LogP contribution in [0.25, 0.3) is 0 Å². The van der Waals surface area contributed by atoms with E-state index in [1.807, 2.05) is 31.2 Å². The van der Waals surface area contributed by atoms with E-state index in [1.165, 1.54) is 17.3 Å². The maximum absolute atomic E-state index is 12.4. The second-order valence-electron chi connectivity index (χ2n) is 6.66. The quantitative estimate of drug-likeness (QED) is 0.698. The van der Waals surface area contributed by atoms with Crippen LogP contribution in [0.3, 0.4) is 0 Å². The van der Waals surface area contributed by atoms with Crippen molar-refractivity contribution in [2.45, 2.75) is 51.0 Å². The third-order valence-electron chi connectivity index (χ3n) is 4.80. The van der Waals surface area contributed by atoms with E-state index in [-0.39, 0.29) is 11.7 Å². The number of carbonyl (C=O) groups is 1. The van der Waals surface area contributed by atoms with Crippen molar-refractivity contribution in [2.75, 3.05) is 17.7 Å². The molecule has 0 fully saturated rings. The first-order chi connectivity index (χ1) is 13.7. The average Bonchev–Trinajstić information content (AvgIpc) is 2.73. The van der Waals surface area contributed by atoms with Gasteiger partial charge in [0.15, 0.2) is 0 Å². The number of aromatic nitrogens is 1. The van der Waals surface area contributed by atoms with Crippen LogP contribution in [-0.2, 0) is 24.1 Å². The Labute approximate surface area is 170 Å². The molecule has 6 heteroatoms. The highest BCUT2D eigenvalue weighted by Crippen LogP contribution is 2.32. The lowest BCUT2D eigenvalue weighted by molar-refractivity contribution is -0.113. The zero-order chi connectivity index (χ0) is 19.9. The molecule has 1 aromatic heterocycles. The van der Waals surface area contributed by atoms with Crippen LogP contribution < -0.4 is 10.1 Å². The molecule has 1 N–H and O–H groups in total. The zero-order valence-electron chi connectivity index (χ0n) is 16.4. The number of pyridine rings is 1. The van der Waals surface area contributed by atoms with E-state index in [9.17, 15) is 10.1 Å². The number of anilines is 1.